The predicted molar refractivity (Wildman–Crippen MR) is 103 cm³/mol. The Morgan fingerprint density at radius 2 is 1.70 bits per heavy atom. The van der Waals surface area contributed by atoms with Crippen molar-refractivity contribution in [1.29, 1.82) is 0 Å². The molecule has 0 unspecified atom stereocenters. The van der Waals surface area contributed by atoms with Gasteiger partial charge in [0.25, 0.3) is 5.91 Å². The Labute approximate surface area is 158 Å². The molecule has 2 amide bonds. The predicted octanol–water partition coefficient (Wildman–Crippen LogP) is 3.13. The second kappa shape index (κ2) is 10.1. The standard InChI is InChI=1S/C21H24N2O4/c1-15-7-6-10-18(13-15)23-19(24)11-12-21(26)27-14-20(25)22-16(2)17-8-4-3-5-9-17/h3-10,13,16H,11-12,14H2,1-2H3,(H,22,25)(H,23,24)/t16-/m1/s1. The van der Waals surface area contributed by atoms with Gasteiger partial charge >= 0.3 is 5.97 Å². The Morgan fingerprint density at radius 3 is 2.41 bits per heavy atom. The van der Waals surface area contributed by atoms with E-state index < -0.39 is 5.97 Å². The number of hydrogen-bond donors (Lipinski definition) is 2. The maximum atomic E-state index is 11.9. The lowest BCUT2D eigenvalue weighted by molar-refractivity contribution is -0.149. The van der Waals surface area contributed by atoms with E-state index >= 15 is 0 Å². The third kappa shape index (κ3) is 7.32. The van der Waals surface area contributed by atoms with Crippen LogP contribution in [0.4, 0.5) is 5.69 Å². The zero-order valence-electron chi connectivity index (χ0n) is 15.5. The third-order valence-corrected chi connectivity index (χ3v) is 3.90. The van der Waals surface area contributed by atoms with Gasteiger partial charge in [-0.05, 0) is 37.1 Å². The van der Waals surface area contributed by atoms with Gasteiger partial charge in [-0.3, -0.25) is 14.4 Å². The molecule has 0 bridgehead atoms. The summed E-state index contributed by atoms with van der Waals surface area (Å²) in [6.45, 7) is 3.41. The number of carbonyl (C=O) groups is 3. The van der Waals surface area contributed by atoms with E-state index in [-0.39, 0.29) is 37.3 Å². The molecular formula is C21H24N2O4. The van der Waals surface area contributed by atoms with Gasteiger partial charge in [0.1, 0.15) is 0 Å². The zero-order valence-corrected chi connectivity index (χ0v) is 15.5. The minimum absolute atomic E-state index is 0.00515. The number of anilines is 1. The van der Waals surface area contributed by atoms with Crippen molar-refractivity contribution >= 4 is 23.5 Å². The molecule has 6 heteroatoms. The highest BCUT2D eigenvalue weighted by Crippen LogP contribution is 2.11. The molecule has 2 aromatic carbocycles. The van der Waals surface area contributed by atoms with Crippen molar-refractivity contribution in [3.05, 3.63) is 65.7 Å². The van der Waals surface area contributed by atoms with E-state index in [2.05, 4.69) is 10.6 Å². The lowest BCUT2D eigenvalue weighted by atomic mass is 10.1. The molecule has 1 atom stereocenters. The Kier molecular flexibility index (Phi) is 7.55. The summed E-state index contributed by atoms with van der Waals surface area (Å²) < 4.78 is 4.93. The first-order valence-corrected chi connectivity index (χ1v) is 8.80. The smallest absolute Gasteiger partial charge is 0.306 e. The number of nitrogens with one attached hydrogen (secondary N) is 2. The second-order valence-corrected chi connectivity index (χ2v) is 6.28. The third-order valence-electron chi connectivity index (χ3n) is 3.90. The van der Waals surface area contributed by atoms with Crippen LogP contribution >= 0.6 is 0 Å². The van der Waals surface area contributed by atoms with E-state index in [1.807, 2.05) is 62.4 Å². The van der Waals surface area contributed by atoms with Crippen molar-refractivity contribution in [3.8, 4) is 0 Å². The van der Waals surface area contributed by atoms with Gasteiger partial charge in [-0.2, -0.15) is 0 Å². The maximum Gasteiger partial charge on any atom is 0.306 e. The van der Waals surface area contributed by atoms with E-state index in [1.165, 1.54) is 0 Å². The van der Waals surface area contributed by atoms with Crippen LogP contribution in [0.2, 0.25) is 0 Å². The first-order chi connectivity index (χ1) is 12.9. The largest absolute Gasteiger partial charge is 0.456 e. The van der Waals surface area contributed by atoms with Gasteiger partial charge in [-0.25, -0.2) is 0 Å². The van der Waals surface area contributed by atoms with Crippen LogP contribution in [0.3, 0.4) is 0 Å². The van der Waals surface area contributed by atoms with E-state index in [0.29, 0.717) is 5.69 Å². The highest BCUT2D eigenvalue weighted by Gasteiger charge is 2.13. The summed E-state index contributed by atoms with van der Waals surface area (Å²) in [5.41, 5.74) is 2.68. The lowest BCUT2D eigenvalue weighted by Crippen LogP contribution is -2.31. The van der Waals surface area contributed by atoms with Gasteiger partial charge < -0.3 is 15.4 Å². The van der Waals surface area contributed by atoms with E-state index in [9.17, 15) is 14.4 Å². The number of ether oxygens (including phenoxy) is 1. The molecule has 2 aromatic rings. The number of amides is 2. The minimum atomic E-state index is -0.586. The summed E-state index contributed by atoms with van der Waals surface area (Å²) in [6, 6.07) is 16.7. The van der Waals surface area contributed by atoms with Gasteiger partial charge in [-0.1, -0.05) is 42.5 Å². The van der Waals surface area contributed by atoms with E-state index in [0.717, 1.165) is 11.1 Å². The Balaban J connectivity index is 1.66. The van der Waals surface area contributed by atoms with Gasteiger partial charge in [0.2, 0.25) is 5.91 Å². The van der Waals surface area contributed by atoms with Crippen molar-refractivity contribution in [2.24, 2.45) is 0 Å². The molecule has 142 valence electrons. The number of esters is 1. The molecule has 0 aliphatic rings. The fraction of sp³-hybridized carbons (Fsp3) is 0.286. The number of hydrogen-bond acceptors (Lipinski definition) is 4. The average Bonchev–Trinajstić information content (AvgIpc) is 2.65. The van der Waals surface area contributed by atoms with Crippen LogP contribution in [0.5, 0.6) is 0 Å². The molecule has 2 N–H and O–H groups in total. The van der Waals surface area contributed by atoms with Crippen molar-refractivity contribution in [3.63, 3.8) is 0 Å². The van der Waals surface area contributed by atoms with Crippen molar-refractivity contribution in [2.45, 2.75) is 32.7 Å². The van der Waals surface area contributed by atoms with Crippen molar-refractivity contribution in [1.82, 2.24) is 5.32 Å². The van der Waals surface area contributed by atoms with E-state index in [4.69, 9.17) is 4.74 Å². The summed E-state index contributed by atoms with van der Waals surface area (Å²) in [7, 11) is 0. The van der Waals surface area contributed by atoms with Crippen LogP contribution in [-0.4, -0.2) is 24.4 Å². The molecule has 6 nitrogen and oxygen atoms in total. The topological polar surface area (TPSA) is 84.5 Å². The number of rotatable bonds is 8. The molecule has 0 saturated carbocycles. The molecule has 0 radical (unpaired) electrons. The van der Waals surface area contributed by atoms with Gasteiger partial charge in [0.15, 0.2) is 6.61 Å². The van der Waals surface area contributed by atoms with Gasteiger partial charge in [-0.15, -0.1) is 0 Å². The van der Waals surface area contributed by atoms with Gasteiger partial charge in [0.05, 0.1) is 12.5 Å². The fourth-order valence-electron chi connectivity index (χ4n) is 2.49. The molecule has 0 aromatic heterocycles. The molecule has 0 fully saturated rings. The molecule has 2 rings (SSSR count). The summed E-state index contributed by atoms with van der Waals surface area (Å²) >= 11 is 0. The molecule has 0 saturated heterocycles. The molecule has 0 spiro atoms. The van der Waals surface area contributed by atoms with E-state index in [1.54, 1.807) is 6.07 Å². The summed E-state index contributed by atoms with van der Waals surface area (Å²) in [4.78, 5) is 35.5. The monoisotopic (exact) mass is 368 g/mol. The highest BCUT2D eigenvalue weighted by molar-refractivity contribution is 5.92. The van der Waals surface area contributed by atoms with Crippen LogP contribution in [0, 0.1) is 6.92 Å². The maximum absolute atomic E-state index is 11.9. The quantitative estimate of drug-likeness (QED) is 0.701. The highest BCUT2D eigenvalue weighted by atomic mass is 16.5. The van der Waals surface area contributed by atoms with Crippen molar-refractivity contribution in [2.75, 3.05) is 11.9 Å². The van der Waals surface area contributed by atoms with Crippen LogP contribution in [-0.2, 0) is 19.1 Å². The Bertz CT molecular complexity index is 790. The van der Waals surface area contributed by atoms with Crippen molar-refractivity contribution < 1.29 is 19.1 Å². The number of carbonyl (C=O) groups excluding carboxylic acids is 3. The molecule has 0 heterocycles. The molecule has 27 heavy (non-hydrogen) atoms. The number of aryl methyl sites for hydroxylation is 1. The van der Waals surface area contributed by atoms with Crippen LogP contribution in [0.1, 0.15) is 36.9 Å². The average molecular weight is 368 g/mol. The zero-order chi connectivity index (χ0) is 19.6. The van der Waals surface area contributed by atoms with Crippen LogP contribution < -0.4 is 10.6 Å². The second-order valence-electron chi connectivity index (χ2n) is 6.28. The Hall–Kier alpha value is -3.15. The first kappa shape index (κ1) is 20.2. The fourth-order valence-corrected chi connectivity index (χ4v) is 2.49. The lowest BCUT2D eigenvalue weighted by Gasteiger charge is -2.14. The molecule has 0 aliphatic carbocycles. The van der Waals surface area contributed by atoms with Gasteiger partial charge in [0, 0.05) is 12.1 Å². The summed E-state index contributed by atoms with van der Waals surface area (Å²) in [5.74, 6) is -1.25. The van der Waals surface area contributed by atoms with Crippen LogP contribution in [0.15, 0.2) is 54.6 Å². The number of benzene rings is 2. The summed E-state index contributed by atoms with van der Waals surface area (Å²) in [6.07, 6.45) is -0.0893. The molecule has 0 aliphatic heterocycles. The molecular weight excluding hydrogens is 344 g/mol. The van der Waals surface area contributed by atoms with Crippen LogP contribution in [0.25, 0.3) is 0 Å². The summed E-state index contributed by atoms with van der Waals surface area (Å²) in [5, 5.41) is 5.48. The minimum Gasteiger partial charge on any atom is -0.456 e. The first-order valence-electron chi connectivity index (χ1n) is 8.80. The SMILES string of the molecule is Cc1cccc(NC(=O)CCC(=O)OCC(=O)N[C@H](C)c2ccccc2)c1. The Morgan fingerprint density at radius 1 is 0.963 bits per heavy atom. The normalized spacial score (nSPS) is 11.3.